The predicted octanol–water partition coefficient (Wildman–Crippen LogP) is 1.88. The number of nitrogens with one attached hydrogen (secondary N) is 1. The number of benzene rings is 1. The van der Waals surface area contributed by atoms with E-state index in [2.05, 4.69) is 30.1 Å². The van der Waals surface area contributed by atoms with Crippen molar-refractivity contribution in [2.45, 2.75) is 32.5 Å². The highest BCUT2D eigenvalue weighted by atomic mass is 19.1. The van der Waals surface area contributed by atoms with Gasteiger partial charge in [0.25, 0.3) is 0 Å². The second-order valence-corrected chi connectivity index (χ2v) is 5.08. The molecule has 3 nitrogen and oxygen atoms in total. The molecule has 1 aliphatic rings. The fourth-order valence-corrected chi connectivity index (χ4v) is 2.60. The third-order valence-electron chi connectivity index (χ3n) is 3.22. The number of piperazine rings is 1. The van der Waals surface area contributed by atoms with E-state index in [9.17, 15) is 4.39 Å². The minimum atomic E-state index is -0.350. The molecule has 0 amide bonds. The lowest BCUT2D eigenvalue weighted by molar-refractivity contribution is 0.166. The Hall–Kier alpha value is -1.44. The maximum absolute atomic E-state index is 13.1. The van der Waals surface area contributed by atoms with Gasteiger partial charge in [-0.1, -0.05) is 6.07 Å². The largest absolute Gasteiger partial charge is 0.309 e. The zero-order chi connectivity index (χ0) is 13.1. The third-order valence-corrected chi connectivity index (χ3v) is 3.22. The second kappa shape index (κ2) is 5.47. The molecule has 2 rings (SSSR count). The van der Waals surface area contributed by atoms with Crippen LogP contribution in [0.5, 0.6) is 0 Å². The van der Waals surface area contributed by atoms with E-state index >= 15 is 0 Å². The molecule has 0 radical (unpaired) electrons. The maximum Gasteiger partial charge on any atom is 0.124 e. The van der Waals surface area contributed by atoms with Gasteiger partial charge in [-0.25, -0.2) is 4.39 Å². The van der Waals surface area contributed by atoms with Gasteiger partial charge in [0.1, 0.15) is 5.82 Å². The molecule has 1 aliphatic heterocycles. The molecule has 1 N–H and O–H groups in total. The van der Waals surface area contributed by atoms with Gasteiger partial charge in [0.2, 0.25) is 0 Å². The van der Waals surface area contributed by atoms with Gasteiger partial charge < -0.3 is 5.32 Å². The van der Waals surface area contributed by atoms with Crippen LogP contribution in [0.3, 0.4) is 0 Å². The van der Waals surface area contributed by atoms with Crippen LogP contribution < -0.4 is 5.32 Å². The van der Waals surface area contributed by atoms with Gasteiger partial charge in [-0.05, 0) is 31.5 Å². The summed E-state index contributed by atoms with van der Waals surface area (Å²) in [4.78, 5) is 2.31. The number of rotatable bonds is 2. The first-order valence-electron chi connectivity index (χ1n) is 6.25. The van der Waals surface area contributed by atoms with Crippen molar-refractivity contribution >= 4 is 0 Å². The van der Waals surface area contributed by atoms with Crippen molar-refractivity contribution < 1.29 is 4.39 Å². The summed E-state index contributed by atoms with van der Waals surface area (Å²) >= 11 is 0. The van der Waals surface area contributed by atoms with Gasteiger partial charge in [-0.3, -0.25) is 4.90 Å². The number of halogens is 1. The summed E-state index contributed by atoms with van der Waals surface area (Å²) in [6.45, 7) is 6.91. The van der Waals surface area contributed by atoms with Crippen molar-refractivity contribution in [3.05, 3.63) is 35.1 Å². The molecular formula is C14H18FN3. The topological polar surface area (TPSA) is 39.1 Å². The van der Waals surface area contributed by atoms with Crippen LogP contribution in [0.1, 0.15) is 25.0 Å². The van der Waals surface area contributed by atoms with Crippen LogP contribution in [0.25, 0.3) is 0 Å². The highest BCUT2D eigenvalue weighted by Crippen LogP contribution is 2.15. The molecule has 96 valence electrons. The number of hydrogen-bond donors (Lipinski definition) is 1. The van der Waals surface area contributed by atoms with E-state index in [0.29, 0.717) is 24.2 Å². The highest BCUT2D eigenvalue weighted by molar-refractivity contribution is 5.37. The Bertz CT molecular complexity index is 457. The molecule has 1 aromatic carbocycles. The predicted molar refractivity (Wildman–Crippen MR) is 68.5 cm³/mol. The summed E-state index contributed by atoms with van der Waals surface area (Å²) in [5.74, 6) is -0.350. The molecule has 1 heterocycles. The molecule has 4 heteroatoms. The lowest BCUT2D eigenvalue weighted by Gasteiger charge is -2.36. The summed E-state index contributed by atoms with van der Waals surface area (Å²) in [6.07, 6.45) is 0. The zero-order valence-corrected chi connectivity index (χ0v) is 10.8. The second-order valence-electron chi connectivity index (χ2n) is 5.08. The third kappa shape index (κ3) is 3.06. The van der Waals surface area contributed by atoms with E-state index in [1.54, 1.807) is 6.07 Å². The first-order valence-corrected chi connectivity index (χ1v) is 6.25. The molecule has 1 saturated heterocycles. The average molecular weight is 247 g/mol. The van der Waals surface area contributed by atoms with E-state index in [1.165, 1.54) is 12.1 Å². The van der Waals surface area contributed by atoms with Gasteiger partial charge >= 0.3 is 0 Å². The monoisotopic (exact) mass is 247 g/mol. The smallest absolute Gasteiger partial charge is 0.124 e. The van der Waals surface area contributed by atoms with Gasteiger partial charge in [-0.15, -0.1) is 0 Å². The standard InChI is InChI=1S/C14H18FN3/c1-10-7-18(8-11(2)17-10)9-12-3-4-14(15)5-13(12)6-16/h3-5,10-11,17H,7-9H2,1-2H3. The molecule has 0 saturated carbocycles. The quantitative estimate of drug-likeness (QED) is 0.867. The summed E-state index contributed by atoms with van der Waals surface area (Å²) < 4.78 is 13.1. The van der Waals surface area contributed by atoms with Crippen LogP contribution in [-0.2, 0) is 6.54 Å². The Labute approximate surface area is 107 Å². The van der Waals surface area contributed by atoms with Gasteiger partial charge in [0, 0.05) is 31.7 Å². The molecule has 0 aliphatic carbocycles. The Balaban J connectivity index is 2.12. The molecule has 1 aromatic rings. The SMILES string of the molecule is CC1CN(Cc2ccc(F)cc2C#N)CC(C)N1. The van der Waals surface area contributed by atoms with Crippen LogP contribution in [0.4, 0.5) is 4.39 Å². The molecule has 18 heavy (non-hydrogen) atoms. The fourth-order valence-electron chi connectivity index (χ4n) is 2.60. The molecule has 0 spiro atoms. The molecule has 0 aromatic heterocycles. The van der Waals surface area contributed by atoms with Crippen molar-refractivity contribution in [1.82, 2.24) is 10.2 Å². The van der Waals surface area contributed by atoms with Crippen molar-refractivity contribution in [2.75, 3.05) is 13.1 Å². The summed E-state index contributed by atoms with van der Waals surface area (Å²) in [5.41, 5.74) is 1.34. The minimum Gasteiger partial charge on any atom is -0.309 e. The van der Waals surface area contributed by atoms with E-state index in [4.69, 9.17) is 5.26 Å². The Morgan fingerprint density at radius 1 is 1.39 bits per heavy atom. The summed E-state index contributed by atoms with van der Waals surface area (Å²) in [6, 6.07) is 7.40. The number of hydrogen-bond acceptors (Lipinski definition) is 3. The first kappa shape index (κ1) is 13.0. The Morgan fingerprint density at radius 2 is 2.06 bits per heavy atom. The van der Waals surface area contributed by atoms with Crippen molar-refractivity contribution in [3.8, 4) is 6.07 Å². The molecule has 2 atom stereocenters. The van der Waals surface area contributed by atoms with Crippen LogP contribution >= 0.6 is 0 Å². The average Bonchev–Trinajstić information content (AvgIpc) is 2.30. The first-order chi connectivity index (χ1) is 8.58. The van der Waals surface area contributed by atoms with Crippen LogP contribution in [-0.4, -0.2) is 30.1 Å². The summed E-state index contributed by atoms with van der Waals surface area (Å²) in [5, 5.41) is 12.5. The number of nitrogens with zero attached hydrogens (tertiary/aromatic N) is 2. The van der Waals surface area contributed by atoms with Crippen molar-refractivity contribution in [2.24, 2.45) is 0 Å². The van der Waals surface area contributed by atoms with Crippen LogP contribution in [0.15, 0.2) is 18.2 Å². The fraction of sp³-hybridized carbons (Fsp3) is 0.500. The summed E-state index contributed by atoms with van der Waals surface area (Å²) in [7, 11) is 0. The van der Waals surface area contributed by atoms with Crippen molar-refractivity contribution in [3.63, 3.8) is 0 Å². The molecule has 2 unspecified atom stereocenters. The van der Waals surface area contributed by atoms with Gasteiger partial charge in [0.05, 0.1) is 11.6 Å². The van der Waals surface area contributed by atoms with E-state index in [0.717, 1.165) is 18.7 Å². The highest BCUT2D eigenvalue weighted by Gasteiger charge is 2.21. The maximum atomic E-state index is 13.1. The van der Waals surface area contributed by atoms with E-state index in [-0.39, 0.29) is 5.82 Å². The van der Waals surface area contributed by atoms with Gasteiger partial charge in [0.15, 0.2) is 0 Å². The van der Waals surface area contributed by atoms with E-state index in [1.807, 2.05) is 0 Å². The Morgan fingerprint density at radius 3 is 2.67 bits per heavy atom. The molecular weight excluding hydrogens is 229 g/mol. The van der Waals surface area contributed by atoms with Crippen molar-refractivity contribution in [1.29, 1.82) is 5.26 Å². The van der Waals surface area contributed by atoms with Gasteiger partial charge in [-0.2, -0.15) is 5.26 Å². The van der Waals surface area contributed by atoms with E-state index < -0.39 is 0 Å². The zero-order valence-electron chi connectivity index (χ0n) is 10.8. The Kier molecular flexibility index (Phi) is 3.95. The minimum absolute atomic E-state index is 0.350. The van der Waals surface area contributed by atoms with Crippen LogP contribution in [0.2, 0.25) is 0 Å². The van der Waals surface area contributed by atoms with Crippen LogP contribution in [0, 0.1) is 17.1 Å². The molecule has 1 fully saturated rings. The lowest BCUT2D eigenvalue weighted by atomic mass is 10.1. The lowest BCUT2D eigenvalue weighted by Crippen LogP contribution is -2.53. The number of nitriles is 1. The molecule has 0 bridgehead atoms. The normalized spacial score (nSPS) is 24.8.